The van der Waals surface area contributed by atoms with E-state index < -0.39 is 0 Å². The molecule has 0 spiro atoms. The second-order valence-electron chi connectivity index (χ2n) is 8.79. The van der Waals surface area contributed by atoms with Gasteiger partial charge in [0.2, 0.25) is 0 Å². The highest BCUT2D eigenvalue weighted by Gasteiger charge is 2.32. The van der Waals surface area contributed by atoms with Gasteiger partial charge in [0.1, 0.15) is 12.4 Å². The van der Waals surface area contributed by atoms with E-state index in [1.807, 2.05) is 0 Å². The molecule has 7 nitrogen and oxygen atoms in total. The van der Waals surface area contributed by atoms with Crippen molar-refractivity contribution in [2.45, 2.75) is 39.7 Å². The van der Waals surface area contributed by atoms with E-state index in [0.29, 0.717) is 48.5 Å². The first kappa shape index (κ1) is 20.5. The Morgan fingerprint density at radius 3 is 2.71 bits per heavy atom. The number of benzene rings is 1. The number of amides is 3. The van der Waals surface area contributed by atoms with E-state index in [9.17, 15) is 9.59 Å². The van der Waals surface area contributed by atoms with Crippen LogP contribution in [0.5, 0.6) is 5.75 Å². The third kappa shape index (κ3) is 4.95. The number of hydrogen-bond acceptors (Lipinski definition) is 4. The maximum absolute atomic E-state index is 12.4. The number of anilines is 1. The number of piperidine rings is 1. The zero-order chi connectivity index (χ0) is 20.3. The molecule has 3 rings (SSSR count). The minimum Gasteiger partial charge on any atom is -0.491 e. The zero-order valence-electron chi connectivity index (χ0n) is 17.3. The van der Waals surface area contributed by atoms with Gasteiger partial charge in [-0.15, -0.1) is 0 Å². The highest BCUT2D eigenvalue weighted by atomic mass is 16.5. The Hall–Kier alpha value is -2.28. The number of nitrogens with zero attached hydrogens (tertiary/aromatic N) is 1. The van der Waals surface area contributed by atoms with Crippen LogP contribution in [-0.4, -0.2) is 55.2 Å². The summed E-state index contributed by atoms with van der Waals surface area (Å²) in [4.78, 5) is 27.0. The van der Waals surface area contributed by atoms with Crippen LogP contribution in [0.4, 0.5) is 10.5 Å². The zero-order valence-corrected chi connectivity index (χ0v) is 17.3. The smallest absolute Gasteiger partial charge is 0.319 e. The summed E-state index contributed by atoms with van der Waals surface area (Å²) in [5.74, 6) is 1.69. The number of urea groups is 1. The fourth-order valence-electron chi connectivity index (χ4n) is 4.07. The average molecular weight is 389 g/mol. The predicted molar refractivity (Wildman–Crippen MR) is 110 cm³/mol. The molecule has 2 aliphatic rings. The van der Waals surface area contributed by atoms with Crippen molar-refractivity contribution in [2.75, 3.05) is 38.1 Å². The molecule has 2 atom stereocenters. The molecule has 2 aliphatic heterocycles. The van der Waals surface area contributed by atoms with Crippen LogP contribution < -0.4 is 20.7 Å². The normalized spacial score (nSPS) is 23.1. The standard InChI is InChI=1S/C21H32N4O3/c1-14-9-15(2)12-25(11-14)21(3,4)13-23-20(27)24-16-5-6-18-17(10-16)19(26)22-7-8-28-18/h5-6,10,14-15H,7-9,11-13H2,1-4H3,(H,22,26)(H2,23,24,27). The van der Waals surface area contributed by atoms with E-state index in [-0.39, 0.29) is 17.5 Å². The highest BCUT2D eigenvalue weighted by molar-refractivity contribution is 5.99. The van der Waals surface area contributed by atoms with Gasteiger partial charge in [-0.05, 0) is 50.3 Å². The summed E-state index contributed by atoms with van der Waals surface area (Å²) < 4.78 is 5.54. The van der Waals surface area contributed by atoms with Gasteiger partial charge in [-0.3, -0.25) is 9.69 Å². The first-order valence-corrected chi connectivity index (χ1v) is 10.1. The van der Waals surface area contributed by atoms with Crippen molar-refractivity contribution in [1.82, 2.24) is 15.5 Å². The van der Waals surface area contributed by atoms with Gasteiger partial charge in [-0.1, -0.05) is 13.8 Å². The van der Waals surface area contributed by atoms with Crippen molar-refractivity contribution in [1.29, 1.82) is 0 Å². The van der Waals surface area contributed by atoms with Crippen LogP contribution in [0, 0.1) is 11.8 Å². The molecule has 2 heterocycles. The lowest BCUT2D eigenvalue weighted by Gasteiger charge is -2.45. The molecule has 3 N–H and O–H groups in total. The Bertz CT molecular complexity index is 724. The summed E-state index contributed by atoms with van der Waals surface area (Å²) in [5, 5.41) is 8.57. The van der Waals surface area contributed by atoms with E-state index >= 15 is 0 Å². The second kappa shape index (κ2) is 8.39. The number of ether oxygens (including phenoxy) is 1. The molecule has 28 heavy (non-hydrogen) atoms. The Labute approximate surface area is 167 Å². The van der Waals surface area contributed by atoms with Gasteiger partial charge in [0.25, 0.3) is 5.91 Å². The Kier molecular flexibility index (Phi) is 6.13. The number of fused-ring (bicyclic) bond motifs is 1. The van der Waals surface area contributed by atoms with Gasteiger partial charge >= 0.3 is 6.03 Å². The number of nitrogens with one attached hydrogen (secondary N) is 3. The quantitative estimate of drug-likeness (QED) is 0.741. The molecule has 1 aromatic rings. The van der Waals surface area contributed by atoms with E-state index in [0.717, 1.165) is 13.1 Å². The molecule has 1 saturated heterocycles. The van der Waals surface area contributed by atoms with Gasteiger partial charge in [-0.25, -0.2) is 4.79 Å². The summed E-state index contributed by atoms with van der Waals surface area (Å²) in [5.41, 5.74) is 0.878. The van der Waals surface area contributed by atoms with Crippen LogP contribution >= 0.6 is 0 Å². The number of carbonyl (C=O) groups excluding carboxylic acids is 2. The average Bonchev–Trinajstić information content (AvgIpc) is 2.81. The topological polar surface area (TPSA) is 82.7 Å². The largest absolute Gasteiger partial charge is 0.491 e. The maximum atomic E-state index is 12.4. The molecule has 0 radical (unpaired) electrons. The van der Waals surface area contributed by atoms with Crippen LogP contribution in [0.1, 0.15) is 44.5 Å². The highest BCUT2D eigenvalue weighted by Crippen LogP contribution is 2.27. The van der Waals surface area contributed by atoms with E-state index in [4.69, 9.17) is 4.74 Å². The molecule has 0 aromatic heterocycles. The van der Waals surface area contributed by atoms with Crippen LogP contribution in [-0.2, 0) is 0 Å². The van der Waals surface area contributed by atoms with Crippen molar-refractivity contribution >= 4 is 17.6 Å². The summed E-state index contributed by atoms with van der Waals surface area (Å²) in [6.45, 7) is 12.5. The molecule has 0 bridgehead atoms. The molecule has 2 unspecified atom stereocenters. The molecular formula is C21H32N4O3. The van der Waals surface area contributed by atoms with Gasteiger partial charge in [0.15, 0.2) is 0 Å². The lowest BCUT2D eigenvalue weighted by atomic mass is 9.88. The Morgan fingerprint density at radius 1 is 1.29 bits per heavy atom. The van der Waals surface area contributed by atoms with Crippen molar-refractivity contribution in [3.8, 4) is 5.75 Å². The van der Waals surface area contributed by atoms with Crippen molar-refractivity contribution in [3.05, 3.63) is 23.8 Å². The monoisotopic (exact) mass is 388 g/mol. The minimum absolute atomic E-state index is 0.123. The minimum atomic E-state index is -0.277. The molecule has 3 amide bonds. The number of carbonyl (C=O) groups is 2. The van der Waals surface area contributed by atoms with Crippen LogP contribution in [0.3, 0.4) is 0 Å². The van der Waals surface area contributed by atoms with Gasteiger partial charge in [0.05, 0.1) is 12.1 Å². The van der Waals surface area contributed by atoms with Crippen molar-refractivity contribution in [3.63, 3.8) is 0 Å². The summed E-state index contributed by atoms with van der Waals surface area (Å²) >= 11 is 0. The fourth-order valence-corrected chi connectivity index (χ4v) is 4.07. The molecule has 154 valence electrons. The summed E-state index contributed by atoms with van der Waals surface area (Å²) in [6, 6.07) is 4.84. The third-order valence-electron chi connectivity index (χ3n) is 5.53. The lowest BCUT2D eigenvalue weighted by molar-refractivity contribution is 0.0475. The molecule has 1 fully saturated rings. The van der Waals surface area contributed by atoms with Crippen molar-refractivity contribution < 1.29 is 14.3 Å². The first-order chi connectivity index (χ1) is 13.2. The number of rotatable bonds is 4. The van der Waals surface area contributed by atoms with Crippen molar-refractivity contribution in [2.24, 2.45) is 11.8 Å². The number of likely N-dealkylation sites (tertiary alicyclic amines) is 1. The van der Waals surface area contributed by atoms with Crippen LogP contribution in [0.15, 0.2) is 18.2 Å². The summed E-state index contributed by atoms with van der Waals surface area (Å²) in [7, 11) is 0. The number of hydrogen-bond donors (Lipinski definition) is 3. The first-order valence-electron chi connectivity index (χ1n) is 10.1. The summed E-state index contributed by atoms with van der Waals surface area (Å²) in [6.07, 6.45) is 1.26. The SMILES string of the molecule is CC1CC(C)CN(C(C)(C)CNC(=O)Nc2ccc3c(c2)C(=O)NCCO3)C1. The second-order valence-corrected chi connectivity index (χ2v) is 8.79. The molecule has 0 saturated carbocycles. The fraction of sp³-hybridized carbons (Fsp3) is 0.619. The van der Waals surface area contributed by atoms with E-state index in [1.165, 1.54) is 6.42 Å². The third-order valence-corrected chi connectivity index (χ3v) is 5.53. The van der Waals surface area contributed by atoms with Gasteiger partial charge < -0.3 is 20.7 Å². The van der Waals surface area contributed by atoms with Gasteiger partial charge in [-0.2, -0.15) is 0 Å². The van der Waals surface area contributed by atoms with E-state index in [2.05, 4.69) is 48.5 Å². The molecule has 0 aliphatic carbocycles. The Balaban J connectivity index is 1.57. The van der Waals surface area contributed by atoms with Crippen LogP contribution in [0.25, 0.3) is 0 Å². The molecule has 7 heteroatoms. The van der Waals surface area contributed by atoms with Crippen LogP contribution in [0.2, 0.25) is 0 Å². The maximum Gasteiger partial charge on any atom is 0.319 e. The molecular weight excluding hydrogens is 356 g/mol. The Morgan fingerprint density at radius 2 is 2.00 bits per heavy atom. The van der Waals surface area contributed by atoms with E-state index in [1.54, 1.807) is 18.2 Å². The molecule has 1 aromatic carbocycles. The lowest BCUT2D eigenvalue weighted by Crippen LogP contribution is -2.56. The predicted octanol–water partition coefficient (Wildman–Crippen LogP) is 2.69. The van der Waals surface area contributed by atoms with Gasteiger partial charge in [0, 0.05) is 30.9 Å².